The maximum atomic E-state index is 12.9. The Balaban J connectivity index is 2.88. The van der Waals surface area contributed by atoms with E-state index < -0.39 is 60.2 Å². The van der Waals surface area contributed by atoms with Crippen LogP contribution in [0.5, 0.6) is 0 Å². The van der Waals surface area contributed by atoms with Gasteiger partial charge in [-0.25, -0.2) is 4.79 Å². The van der Waals surface area contributed by atoms with Crippen LogP contribution in [0.1, 0.15) is 45.6 Å². The summed E-state index contributed by atoms with van der Waals surface area (Å²) in [6.45, 7) is 5.19. The zero-order valence-electron chi connectivity index (χ0n) is 19.6. The molecule has 0 aliphatic heterocycles. The van der Waals surface area contributed by atoms with E-state index in [1.54, 1.807) is 24.3 Å². The molecule has 0 saturated carbocycles. The van der Waals surface area contributed by atoms with Crippen molar-refractivity contribution in [2.45, 2.75) is 70.6 Å². The van der Waals surface area contributed by atoms with Crippen molar-refractivity contribution in [1.29, 1.82) is 0 Å². The molecular weight excluding hydrogens is 444 g/mol. The topological polar surface area (TPSA) is 188 Å². The van der Waals surface area contributed by atoms with Crippen molar-refractivity contribution in [2.24, 2.45) is 11.7 Å². The zero-order valence-corrected chi connectivity index (χ0v) is 19.6. The summed E-state index contributed by atoms with van der Waals surface area (Å²) in [4.78, 5) is 59.9. The van der Waals surface area contributed by atoms with E-state index in [1.807, 2.05) is 19.9 Å². The second-order valence-corrected chi connectivity index (χ2v) is 8.55. The SMILES string of the molecule is CC(C)CC(N)C(=O)NC(Cc1ccccc1)C(=O)NC(C)C(=O)NC(CCC(=O)O)C(=O)O. The Morgan fingerprint density at radius 3 is 1.97 bits per heavy atom. The van der Waals surface area contributed by atoms with Crippen LogP contribution in [0.25, 0.3) is 0 Å². The van der Waals surface area contributed by atoms with Crippen LogP contribution in [0, 0.1) is 5.92 Å². The maximum absolute atomic E-state index is 12.9. The van der Waals surface area contributed by atoms with Gasteiger partial charge in [0.05, 0.1) is 6.04 Å². The van der Waals surface area contributed by atoms with Gasteiger partial charge in [0, 0.05) is 12.8 Å². The molecule has 1 aromatic carbocycles. The van der Waals surface area contributed by atoms with Crippen molar-refractivity contribution in [3.8, 4) is 0 Å². The molecule has 4 atom stereocenters. The van der Waals surface area contributed by atoms with Gasteiger partial charge in [-0.3, -0.25) is 19.2 Å². The summed E-state index contributed by atoms with van der Waals surface area (Å²) in [7, 11) is 0. The van der Waals surface area contributed by atoms with Crippen molar-refractivity contribution >= 4 is 29.7 Å². The van der Waals surface area contributed by atoms with Crippen molar-refractivity contribution < 1.29 is 34.2 Å². The van der Waals surface area contributed by atoms with Crippen LogP contribution in [0.2, 0.25) is 0 Å². The maximum Gasteiger partial charge on any atom is 0.326 e. The fraction of sp³-hybridized carbons (Fsp3) is 0.522. The number of carbonyl (C=O) groups is 5. The van der Waals surface area contributed by atoms with Gasteiger partial charge in [-0.1, -0.05) is 44.2 Å². The highest BCUT2D eigenvalue weighted by Crippen LogP contribution is 2.07. The number of hydrogen-bond acceptors (Lipinski definition) is 6. The Morgan fingerprint density at radius 1 is 0.853 bits per heavy atom. The smallest absolute Gasteiger partial charge is 0.326 e. The van der Waals surface area contributed by atoms with E-state index in [0.29, 0.717) is 6.42 Å². The molecule has 188 valence electrons. The molecule has 0 heterocycles. The van der Waals surface area contributed by atoms with E-state index in [0.717, 1.165) is 5.56 Å². The van der Waals surface area contributed by atoms with Gasteiger partial charge in [0.25, 0.3) is 0 Å². The second-order valence-electron chi connectivity index (χ2n) is 8.55. The Morgan fingerprint density at radius 2 is 1.44 bits per heavy atom. The number of carboxylic acid groups (broad SMARTS) is 2. The first-order valence-corrected chi connectivity index (χ1v) is 11.1. The average molecular weight is 479 g/mol. The molecule has 1 rings (SSSR count). The van der Waals surface area contributed by atoms with E-state index in [1.165, 1.54) is 6.92 Å². The Labute approximate surface area is 198 Å². The summed E-state index contributed by atoms with van der Waals surface area (Å²) in [6.07, 6.45) is -0.175. The van der Waals surface area contributed by atoms with Crippen LogP contribution in [0.15, 0.2) is 30.3 Å². The first-order valence-electron chi connectivity index (χ1n) is 11.1. The first-order chi connectivity index (χ1) is 15.9. The second kappa shape index (κ2) is 13.9. The fourth-order valence-electron chi connectivity index (χ4n) is 3.15. The van der Waals surface area contributed by atoms with Gasteiger partial charge in [0.2, 0.25) is 17.7 Å². The average Bonchev–Trinajstić information content (AvgIpc) is 2.75. The van der Waals surface area contributed by atoms with Crippen LogP contribution in [-0.4, -0.2) is 64.0 Å². The van der Waals surface area contributed by atoms with Crippen LogP contribution in [0.4, 0.5) is 0 Å². The highest BCUT2D eigenvalue weighted by molar-refractivity contribution is 5.94. The highest BCUT2D eigenvalue weighted by atomic mass is 16.4. The normalized spacial score (nSPS) is 14.4. The summed E-state index contributed by atoms with van der Waals surface area (Å²) < 4.78 is 0. The first kappa shape index (κ1) is 28.6. The molecule has 3 amide bonds. The third-order valence-electron chi connectivity index (χ3n) is 4.99. The largest absolute Gasteiger partial charge is 0.481 e. The molecule has 7 N–H and O–H groups in total. The molecule has 34 heavy (non-hydrogen) atoms. The molecule has 0 aromatic heterocycles. The summed E-state index contributed by atoms with van der Waals surface area (Å²) >= 11 is 0. The number of amides is 3. The molecule has 0 radical (unpaired) electrons. The summed E-state index contributed by atoms with van der Waals surface area (Å²) in [6, 6.07) is 4.57. The predicted molar refractivity (Wildman–Crippen MR) is 124 cm³/mol. The van der Waals surface area contributed by atoms with Gasteiger partial charge in [-0.05, 0) is 31.2 Å². The molecule has 0 bridgehead atoms. The number of carbonyl (C=O) groups excluding carboxylic acids is 3. The standard InChI is InChI=1S/C23H34N4O7/c1-13(2)11-16(24)21(31)27-18(12-15-7-5-4-6-8-15)22(32)25-14(3)20(30)26-17(23(33)34)9-10-19(28)29/h4-8,13-14,16-18H,9-12,24H2,1-3H3,(H,25,32)(H,26,30)(H,27,31)(H,28,29)(H,33,34). The van der Waals surface area contributed by atoms with Gasteiger partial charge in [-0.2, -0.15) is 0 Å². The minimum atomic E-state index is -1.42. The van der Waals surface area contributed by atoms with Crippen molar-refractivity contribution in [2.75, 3.05) is 0 Å². The highest BCUT2D eigenvalue weighted by Gasteiger charge is 2.29. The monoisotopic (exact) mass is 478 g/mol. The van der Waals surface area contributed by atoms with Gasteiger partial charge >= 0.3 is 11.9 Å². The molecule has 0 aliphatic carbocycles. The van der Waals surface area contributed by atoms with Crippen LogP contribution in [0.3, 0.4) is 0 Å². The quantitative estimate of drug-likeness (QED) is 0.216. The minimum Gasteiger partial charge on any atom is -0.481 e. The molecule has 0 aliphatic rings. The lowest BCUT2D eigenvalue weighted by atomic mass is 10.0. The van der Waals surface area contributed by atoms with Crippen molar-refractivity contribution in [1.82, 2.24) is 16.0 Å². The van der Waals surface area contributed by atoms with E-state index >= 15 is 0 Å². The van der Waals surface area contributed by atoms with Gasteiger partial charge < -0.3 is 31.9 Å². The Kier molecular flexibility index (Phi) is 11.7. The van der Waals surface area contributed by atoms with Gasteiger partial charge in [-0.15, -0.1) is 0 Å². The molecule has 0 fully saturated rings. The molecule has 11 nitrogen and oxygen atoms in total. The lowest BCUT2D eigenvalue weighted by molar-refractivity contribution is -0.143. The number of hydrogen-bond donors (Lipinski definition) is 6. The molecule has 11 heteroatoms. The van der Waals surface area contributed by atoms with Crippen LogP contribution >= 0.6 is 0 Å². The number of rotatable bonds is 14. The van der Waals surface area contributed by atoms with Crippen molar-refractivity contribution in [3.05, 3.63) is 35.9 Å². The summed E-state index contributed by atoms with van der Waals surface area (Å²) in [5.41, 5.74) is 6.71. The van der Waals surface area contributed by atoms with Gasteiger partial charge in [0.15, 0.2) is 0 Å². The lowest BCUT2D eigenvalue weighted by Crippen LogP contribution is -2.57. The molecule has 0 saturated heterocycles. The fourth-order valence-corrected chi connectivity index (χ4v) is 3.15. The van der Waals surface area contributed by atoms with E-state index in [2.05, 4.69) is 16.0 Å². The third-order valence-corrected chi connectivity index (χ3v) is 4.99. The van der Waals surface area contributed by atoms with Crippen LogP contribution < -0.4 is 21.7 Å². The Bertz CT molecular complexity index is 860. The lowest BCUT2D eigenvalue weighted by Gasteiger charge is -2.24. The van der Waals surface area contributed by atoms with E-state index in [-0.39, 0.29) is 18.8 Å². The number of benzene rings is 1. The molecule has 0 spiro atoms. The Hall–Kier alpha value is -3.47. The van der Waals surface area contributed by atoms with E-state index in [9.17, 15) is 29.1 Å². The van der Waals surface area contributed by atoms with Gasteiger partial charge in [0.1, 0.15) is 18.1 Å². The third kappa shape index (κ3) is 10.4. The summed E-state index contributed by atoms with van der Waals surface area (Å²) in [5.74, 6) is -4.35. The molecule has 4 unspecified atom stereocenters. The number of carboxylic acids is 2. The van der Waals surface area contributed by atoms with Crippen molar-refractivity contribution in [3.63, 3.8) is 0 Å². The number of aliphatic carboxylic acids is 2. The number of nitrogens with one attached hydrogen (secondary N) is 3. The summed E-state index contributed by atoms with van der Waals surface area (Å²) in [5, 5.41) is 25.3. The molecule has 1 aromatic rings. The van der Waals surface area contributed by atoms with E-state index in [4.69, 9.17) is 10.8 Å². The molecular formula is C23H34N4O7. The number of nitrogens with two attached hydrogens (primary N) is 1. The predicted octanol–water partition coefficient (Wildman–Crippen LogP) is 0.0262. The zero-order chi connectivity index (χ0) is 25.8. The minimum absolute atomic E-state index is 0.150. The van der Waals surface area contributed by atoms with Crippen LogP contribution in [-0.2, 0) is 30.4 Å².